The number of thioether (sulfide) groups is 1. The molecule has 3 nitrogen and oxygen atoms in total. The molecular weight excluding hydrogens is 256 g/mol. The molecule has 0 spiro atoms. The van der Waals surface area contributed by atoms with Crippen LogP contribution in [0.25, 0.3) is 11.1 Å². The Morgan fingerprint density at radius 2 is 2.05 bits per heavy atom. The summed E-state index contributed by atoms with van der Waals surface area (Å²) in [6, 6.07) is 13.8. The van der Waals surface area contributed by atoms with Crippen molar-refractivity contribution in [1.82, 2.24) is 4.98 Å². The van der Waals surface area contributed by atoms with Gasteiger partial charge in [0.05, 0.1) is 5.75 Å². The van der Waals surface area contributed by atoms with Crippen LogP contribution in [0.15, 0.2) is 51.8 Å². The average molecular weight is 270 g/mol. The Morgan fingerprint density at radius 3 is 2.84 bits per heavy atom. The molecule has 19 heavy (non-hydrogen) atoms. The third-order valence-corrected chi connectivity index (χ3v) is 4.05. The van der Waals surface area contributed by atoms with E-state index in [0.29, 0.717) is 0 Å². The van der Waals surface area contributed by atoms with Crippen molar-refractivity contribution in [2.45, 2.75) is 17.6 Å². The Bertz CT molecular complexity index is 688. The van der Waals surface area contributed by atoms with E-state index in [0.717, 1.165) is 28.4 Å². The van der Waals surface area contributed by atoms with Gasteiger partial charge in [-0.3, -0.25) is 0 Å². The largest absolute Gasteiger partial charge is 0.440 e. The van der Waals surface area contributed by atoms with Crippen molar-refractivity contribution in [1.29, 1.82) is 0 Å². The van der Waals surface area contributed by atoms with Crippen LogP contribution in [-0.4, -0.2) is 4.98 Å². The molecule has 0 saturated heterocycles. The van der Waals surface area contributed by atoms with Gasteiger partial charge in [-0.15, -0.1) is 11.8 Å². The second-order valence-corrected chi connectivity index (χ2v) is 5.41. The third kappa shape index (κ3) is 2.58. The number of hydrogen-bond donors (Lipinski definition) is 1. The molecular formula is C15H14N2OS. The normalized spacial score (nSPS) is 11.0. The molecule has 0 saturated carbocycles. The number of para-hydroxylation sites is 2. The number of anilines is 1. The van der Waals surface area contributed by atoms with Crippen molar-refractivity contribution >= 4 is 28.5 Å². The summed E-state index contributed by atoms with van der Waals surface area (Å²) in [5, 5.41) is 0. The van der Waals surface area contributed by atoms with Crippen molar-refractivity contribution in [3.05, 3.63) is 53.9 Å². The van der Waals surface area contributed by atoms with Crippen LogP contribution in [0.1, 0.15) is 11.5 Å². The van der Waals surface area contributed by atoms with Gasteiger partial charge in [-0.2, -0.15) is 0 Å². The van der Waals surface area contributed by atoms with Gasteiger partial charge in [-0.1, -0.05) is 12.1 Å². The van der Waals surface area contributed by atoms with E-state index in [9.17, 15) is 0 Å². The lowest BCUT2D eigenvalue weighted by Crippen LogP contribution is -1.88. The molecule has 0 aliphatic carbocycles. The zero-order chi connectivity index (χ0) is 13.2. The summed E-state index contributed by atoms with van der Waals surface area (Å²) in [6.45, 7) is 2.06. The second-order valence-electron chi connectivity index (χ2n) is 4.39. The molecule has 0 aliphatic heterocycles. The molecule has 0 radical (unpaired) electrons. The van der Waals surface area contributed by atoms with E-state index in [-0.39, 0.29) is 0 Å². The number of nitrogens with zero attached hydrogens (tertiary/aromatic N) is 1. The summed E-state index contributed by atoms with van der Waals surface area (Å²) in [6.07, 6.45) is 0. The minimum atomic E-state index is 0.722. The van der Waals surface area contributed by atoms with E-state index in [2.05, 4.69) is 11.9 Å². The van der Waals surface area contributed by atoms with E-state index in [4.69, 9.17) is 10.2 Å². The number of nitrogens with two attached hydrogens (primary N) is 1. The van der Waals surface area contributed by atoms with Crippen LogP contribution in [0.2, 0.25) is 0 Å². The maximum Gasteiger partial charge on any atom is 0.205 e. The van der Waals surface area contributed by atoms with E-state index >= 15 is 0 Å². The molecule has 0 amide bonds. The molecule has 1 heterocycles. The van der Waals surface area contributed by atoms with E-state index in [1.54, 1.807) is 11.8 Å². The highest BCUT2D eigenvalue weighted by Gasteiger charge is 2.06. The summed E-state index contributed by atoms with van der Waals surface area (Å²) in [4.78, 5) is 5.67. The number of fused-ring (bicyclic) bond motifs is 1. The van der Waals surface area contributed by atoms with Crippen molar-refractivity contribution in [3.63, 3.8) is 0 Å². The summed E-state index contributed by atoms with van der Waals surface area (Å²) in [7, 11) is 0. The summed E-state index contributed by atoms with van der Waals surface area (Å²) in [5.74, 6) is 1.47. The topological polar surface area (TPSA) is 52.0 Å². The number of aromatic nitrogens is 1. The second kappa shape index (κ2) is 4.97. The van der Waals surface area contributed by atoms with Crippen LogP contribution in [0.4, 0.5) is 5.69 Å². The number of rotatable bonds is 3. The van der Waals surface area contributed by atoms with Crippen LogP contribution in [-0.2, 0) is 5.75 Å². The Labute approximate surface area is 115 Å². The van der Waals surface area contributed by atoms with Gasteiger partial charge in [0.15, 0.2) is 5.58 Å². The predicted molar refractivity (Wildman–Crippen MR) is 79.2 cm³/mol. The molecule has 3 rings (SSSR count). The van der Waals surface area contributed by atoms with E-state index in [1.807, 2.05) is 42.5 Å². The van der Waals surface area contributed by atoms with Crippen molar-refractivity contribution in [3.8, 4) is 0 Å². The summed E-state index contributed by atoms with van der Waals surface area (Å²) in [5.41, 5.74) is 9.47. The maximum atomic E-state index is 5.75. The lowest BCUT2D eigenvalue weighted by molar-refractivity contribution is 0.556. The van der Waals surface area contributed by atoms with Gasteiger partial charge in [0.1, 0.15) is 5.52 Å². The van der Waals surface area contributed by atoms with Gasteiger partial charge in [0.2, 0.25) is 5.89 Å². The molecule has 0 aliphatic rings. The van der Waals surface area contributed by atoms with Gasteiger partial charge in [0, 0.05) is 10.6 Å². The first-order valence-corrected chi connectivity index (χ1v) is 7.04. The Kier molecular flexibility index (Phi) is 3.17. The maximum absolute atomic E-state index is 5.75. The number of aryl methyl sites for hydroxylation is 1. The lowest BCUT2D eigenvalue weighted by Gasteiger charge is -2.04. The Balaban J connectivity index is 1.78. The molecule has 3 aromatic rings. The Hall–Kier alpha value is -1.94. The van der Waals surface area contributed by atoms with Gasteiger partial charge in [-0.25, -0.2) is 4.98 Å². The smallest absolute Gasteiger partial charge is 0.205 e. The predicted octanol–water partition coefficient (Wildman–Crippen LogP) is 4.01. The van der Waals surface area contributed by atoms with E-state index in [1.165, 1.54) is 10.5 Å². The van der Waals surface area contributed by atoms with Crippen molar-refractivity contribution in [2.75, 3.05) is 5.73 Å². The van der Waals surface area contributed by atoms with Gasteiger partial charge in [-0.05, 0) is 42.8 Å². The van der Waals surface area contributed by atoms with Crippen LogP contribution in [0.3, 0.4) is 0 Å². The molecule has 4 heteroatoms. The first kappa shape index (κ1) is 12.1. The minimum absolute atomic E-state index is 0.722. The number of nitrogen functional groups attached to an aromatic ring is 1. The molecule has 0 fully saturated rings. The monoisotopic (exact) mass is 270 g/mol. The molecule has 0 atom stereocenters. The number of hydrogen-bond acceptors (Lipinski definition) is 4. The van der Waals surface area contributed by atoms with Crippen molar-refractivity contribution < 1.29 is 4.42 Å². The quantitative estimate of drug-likeness (QED) is 0.577. The standard InChI is InChI=1S/C15H14N2OS/c1-10-8-11(16)6-7-14(10)19-9-15-17-12-4-2-3-5-13(12)18-15/h2-8H,9,16H2,1H3. The van der Waals surface area contributed by atoms with Gasteiger partial charge < -0.3 is 10.2 Å². The minimum Gasteiger partial charge on any atom is -0.440 e. The highest BCUT2D eigenvalue weighted by atomic mass is 32.2. The Morgan fingerprint density at radius 1 is 1.21 bits per heavy atom. The zero-order valence-corrected chi connectivity index (χ0v) is 11.4. The first-order valence-electron chi connectivity index (χ1n) is 6.06. The highest BCUT2D eigenvalue weighted by Crippen LogP contribution is 2.28. The first-order chi connectivity index (χ1) is 9.22. The lowest BCUT2D eigenvalue weighted by atomic mass is 10.2. The average Bonchev–Trinajstić information content (AvgIpc) is 2.80. The zero-order valence-electron chi connectivity index (χ0n) is 10.6. The summed E-state index contributed by atoms with van der Waals surface area (Å²) < 4.78 is 5.70. The third-order valence-electron chi connectivity index (χ3n) is 2.89. The molecule has 1 aromatic heterocycles. The molecule has 0 unspecified atom stereocenters. The highest BCUT2D eigenvalue weighted by molar-refractivity contribution is 7.98. The van der Waals surface area contributed by atoms with E-state index < -0.39 is 0 Å². The van der Waals surface area contributed by atoms with Gasteiger partial charge in [0.25, 0.3) is 0 Å². The van der Waals surface area contributed by atoms with Crippen LogP contribution < -0.4 is 5.73 Å². The molecule has 96 valence electrons. The van der Waals surface area contributed by atoms with Crippen LogP contribution in [0.5, 0.6) is 0 Å². The van der Waals surface area contributed by atoms with Crippen molar-refractivity contribution in [2.24, 2.45) is 0 Å². The fraction of sp³-hybridized carbons (Fsp3) is 0.133. The number of benzene rings is 2. The van der Waals surface area contributed by atoms with Crippen LogP contribution in [0, 0.1) is 6.92 Å². The summed E-state index contributed by atoms with van der Waals surface area (Å²) >= 11 is 1.71. The van der Waals surface area contributed by atoms with Gasteiger partial charge >= 0.3 is 0 Å². The SMILES string of the molecule is Cc1cc(N)ccc1SCc1nc2ccccc2o1. The number of oxazole rings is 1. The molecule has 2 N–H and O–H groups in total. The fourth-order valence-corrected chi connectivity index (χ4v) is 2.81. The molecule has 2 aromatic carbocycles. The molecule has 0 bridgehead atoms. The fourth-order valence-electron chi connectivity index (χ4n) is 1.96. The van der Waals surface area contributed by atoms with Crippen LogP contribution >= 0.6 is 11.8 Å².